The first-order chi connectivity index (χ1) is 24.9. The highest BCUT2D eigenvalue weighted by atomic mass is 35.5. The van der Waals surface area contributed by atoms with Gasteiger partial charge in [0.15, 0.2) is 0 Å². The van der Waals surface area contributed by atoms with Gasteiger partial charge in [0.2, 0.25) is 11.8 Å². The maximum Gasteiger partial charge on any atom is 0.246 e. The molecule has 0 N–H and O–H groups in total. The third-order valence-electron chi connectivity index (χ3n) is 8.90. The summed E-state index contributed by atoms with van der Waals surface area (Å²) >= 11 is 6.20. The van der Waals surface area contributed by atoms with E-state index in [2.05, 4.69) is 72.3 Å². The molecule has 51 heavy (non-hydrogen) atoms. The molecule has 0 spiro atoms. The molecule has 1 aliphatic rings. The molecule has 0 atom stereocenters. The topological polar surface area (TPSA) is 64.1 Å². The molecule has 262 valence electrons. The van der Waals surface area contributed by atoms with Crippen LogP contribution >= 0.6 is 11.6 Å². The van der Waals surface area contributed by atoms with Crippen molar-refractivity contribution < 1.29 is 19.0 Å². The van der Waals surface area contributed by atoms with E-state index in [1.165, 1.54) is 16.7 Å². The lowest BCUT2D eigenvalue weighted by molar-refractivity contribution is -0.127. The molecule has 1 saturated heterocycles. The lowest BCUT2D eigenvalue weighted by Crippen LogP contribution is -2.47. The molecule has 1 amide bonds. The number of ether oxygens (including phenoxy) is 3. The molecule has 0 bridgehead atoms. The SMILES string of the molecule is CC(C)c1ccc(OCCc2ccc(CN3CCN(C(=O)/C=C/c4ccc(Oc5ccc(OCc6ccccc6Cl)cn5)cc4)CC3)cc2)cc1. The number of carbonyl (C=O) groups excluding carboxylic acids is 1. The van der Waals surface area contributed by atoms with Crippen LogP contribution in [0.3, 0.4) is 0 Å². The van der Waals surface area contributed by atoms with Crippen molar-refractivity contribution in [2.24, 2.45) is 0 Å². The number of amides is 1. The second-order valence-electron chi connectivity index (χ2n) is 13.0. The van der Waals surface area contributed by atoms with E-state index < -0.39 is 0 Å². The molecule has 0 radical (unpaired) electrons. The fraction of sp³-hybridized carbons (Fsp3) is 0.256. The first kappa shape index (κ1) is 35.7. The molecule has 2 heterocycles. The first-order valence-electron chi connectivity index (χ1n) is 17.5. The second kappa shape index (κ2) is 17.7. The smallest absolute Gasteiger partial charge is 0.246 e. The Bertz CT molecular complexity index is 1870. The number of hydrogen-bond donors (Lipinski definition) is 0. The highest BCUT2D eigenvalue weighted by Gasteiger charge is 2.19. The van der Waals surface area contributed by atoms with Crippen molar-refractivity contribution in [2.45, 2.75) is 39.3 Å². The lowest BCUT2D eigenvalue weighted by atomic mass is 10.0. The van der Waals surface area contributed by atoms with E-state index in [-0.39, 0.29) is 5.91 Å². The molecule has 7 nitrogen and oxygen atoms in total. The van der Waals surface area contributed by atoms with Crippen molar-refractivity contribution in [3.05, 3.63) is 154 Å². The van der Waals surface area contributed by atoms with E-state index in [0.717, 1.165) is 42.9 Å². The van der Waals surface area contributed by atoms with Gasteiger partial charge in [-0.2, -0.15) is 0 Å². The van der Waals surface area contributed by atoms with Gasteiger partial charge in [-0.1, -0.05) is 92.2 Å². The predicted molar refractivity (Wildman–Crippen MR) is 204 cm³/mol. The summed E-state index contributed by atoms with van der Waals surface area (Å²) in [5, 5.41) is 0.669. The number of nitrogens with zero attached hydrogens (tertiary/aromatic N) is 3. The minimum Gasteiger partial charge on any atom is -0.493 e. The second-order valence-corrected chi connectivity index (χ2v) is 13.4. The van der Waals surface area contributed by atoms with Crippen molar-refractivity contribution in [1.82, 2.24) is 14.8 Å². The first-order valence-corrected chi connectivity index (χ1v) is 17.9. The number of pyridine rings is 1. The molecule has 1 aromatic heterocycles. The third-order valence-corrected chi connectivity index (χ3v) is 9.27. The quantitative estimate of drug-likeness (QED) is 0.108. The van der Waals surface area contributed by atoms with Crippen LogP contribution < -0.4 is 14.2 Å². The van der Waals surface area contributed by atoms with Crippen LogP contribution in [0.5, 0.6) is 23.1 Å². The zero-order valence-corrected chi connectivity index (χ0v) is 30.0. The summed E-state index contributed by atoms with van der Waals surface area (Å²) in [5.74, 6) is 3.20. The largest absolute Gasteiger partial charge is 0.493 e. The number of piperazine rings is 1. The zero-order chi connectivity index (χ0) is 35.4. The van der Waals surface area contributed by atoms with Gasteiger partial charge in [-0.25, -0.2) is 4.98 Å². The number of benzene rings is 4. The Morgan fingerprint density at radius 1 is 0.784 bits per heavy atom. The standard InChI is InChI=1S/C43H44ClN3O4/c1-32(2)36-14-18-38(19-15-36)49-28-23-34-7-9-35(10-8-34)30-46-24-26-47(27-25-46)43(48)22-13-33-11-16-39(17-12-33)51-42-21-20-40(29-45-42)50-31-37-5-3-4-6-41(37)44/h3-22,29,32H,23-28,30-31H2,1-2H3/b22-13+. The summed E-state index contributed by atoms with van der Waals surface area (Å²) in [6, 6.07) is 35.9. The average molecular weight is 702 g/mol. The Kier molecular flexibility index (Phi) is 12.4. The summed E-state index contributed by atoms with van der Waals surface area (Å²) < 4.78 is 17.6. The summed E-state index contributed by atoms with van der Waals surface area (Å²) in [6.07, 6.45) is 5.99. The highest BCUT2D eigenvalue weighted by Crippen LogP contribution is 2.24. The fourth-order valence-corrected chi connectivity index (χ4v) is 5.95. The lowest BCUT2D eigenvalue weighted by Gasteiger charge is -2.34. The third kappa shape index (κ3) is 10.7. The Morgan fingerprint density at radius 2 is 1.47 bits per heavy atom. The zero-order valence-electron chi connectivity index (χ0n) is 29.2. The Labute approximate surface area is 306 Å². The van der Waals surface area contributed by atoms with Gasteiger partial charge < -0.3 is 19.1 Å². The summed E-state index contributed by atoms with van der Waals surface area (Å²) in [7, 11) is 0. The minimum absolute atomic E-state index is 0.0263. The van der Waals surface area contributed by atoms with Gasteiger partial charge in [-0.15, -0.1) is 0 Å². The van der Waals surface area contributed by atoms with Crippen LogP contribution in [-0.2, 0) is 24.4 Å². The van der Waals surface area contributed by atoms with Crippen LogP contribution in [0.4, 0.5) is 0 Å². The highest BCUT2D eigenvalue weighted by molar-refractivity contribution is 6.31. The normalized spacial score (nSPS) is 13.5. The van der Waals surface area contributed by atoms with Crippen LogP contribution in [0.25, 0.3) is 6.08 Å². The van der Waals surface area contributed by atoms with Gasteiger partial charge in [0, 0.05) is 61.9 Å². The summed E-state index contributed by atoms with van der Waals surface area (Å²) in [4.78, 5) is 21.6. The van der Waals surface area contributed by atoms with Crippen molar-refractivity contribution in [1.29, 1.82) is 0 Å². The maximum absolute atomic E-state index is 12.9. The molecule has 0 saturated carbocycles. The van der Waals surface area contributed by atoms with E-state index in [0.29, 0.717) is 54.6 Å². The van der Waals surface area contributed by atoms with Crippen LogP contribution in [0, 0.1) is 0 Å². The van der Waals surface area contributed by atoms with Gasteiger partial charge in [-0.3, -0.25) is 9.69 Å². The van der Waals surface area contributed by atoms with Gasteiger partial charge in [0.05, 0.1) is 12.8 Å². The number of rotatable bonds is 14. The molecule has 5 aromatic rings. The van der Waals surface area contributed by atoms with Gasteiger partial charge in [0.25, 0.3) is 0 Å². The van der Waals surface area contributed by atoms with Crippen LogP contribution in [0.2, 0.25) is 5.02 Å². The van der Waals surface area contributed by atoms with Crippen molar-refractivity contribution in [3.8, 4) is 23.1 Å². The maximum atomic E-state index is 12.9. The molecule has 1 fully saturated rings. The molecule has 6 rings (SSSR count). The molecule has 4 aromatic carbocycles. The van der Waals surface area contributed by atoms with E-state index in [1.807, 2.05) is 65.6 Å². The Morgan fingerprint density at radius 3 is 2.16 bits per heavy atom. The van der Waals surface area contributed by atoms with E-state index in [1.54, 1.807) is 18.3 Å². The number of halogens is 1. The number of aromatic nitrogens is 1. The van der Waals surface area contributed by atoms with Crippen molar-refractivity contribution >= 4 is 23.6 Å². The average Bonchev–Trinajstić information content (AvgIpc) is 3.16. The monoisotopic (exact) mass is 701 g/mol. The van der Waals surface area contributed by atoms with Gasteiger partial charge in [-0.05, 0) is 70.6 Å². The van der Waals surface area contributed by atoms with Gasteiger partial charge in [0.1, 0.15) is 23.9 Å². The Hall–Kier alpha value is -5.11. The van der Waals surface area contributed by atoms with Crippen molar-refractivity contribution in [3.63, 3.8) is 0 Å². The molecule has 1 aliphatic heterocycles. The molecule has 0 unspecified atom stereocenters. The molecular weight excluding hydrogens is 658 g/mol. The summed E-state index contributed by atoms with van der Waals surface area (Å²) in [6.45, 7) is 9.39. The number of carbonyl (C=O) groups is 1. The predicted octanol–water partition coefficient (Wildman–Crippen LogP) is 9.21. The fourth-order valence-electron chi connectivity index (χ4n) is 5.76. The van der Waals surface area contributed by atoms with E-state index in [4.69, 9.17) is 25.8 Å². The van der Waals surface area contributed by atoms with E-state index in [9.17, 15) is 4.79 Å². The van der Waals surface area contributed by atoms with E-state index >= 15 is 0 Å². The van der Waals surface area contributed by atoms with Crippen LogP contribution in [0.15, 0.2) is 121 Å². The Balaban J connectivity index is 0.885. The summed E-state index contributed by atoms with van der Waals surface area (Å²) in [5.41, 5.74) is 5.70. The number of hydrogen-bond acceptors (Lipinski definition) is 6. The van der Waals surface area contributed by atoms with Crippen LogP contribution in [0.1, 0.15) is 47.6 Å². The molecular formula is C43H44ClN3O4. The van der Waals surface area contributed by atoms with Crippen LogP contribution in [-0.4, -0.2) is 53.5 Å². The minimum atomic E-state index is 0.0263. The molecule has 0 aliphatic carbocycles. The van der Waals surface area contributed by atoms with Crippen molar-refractivity contribution in [2.75, 3.05) is 32.8 Å². The molecule has 8 heteroatoms. The van der Waals surface area contributed by atoms with Gasteiger partial charge >= 0.3 is 0 Å².